The van der Waals surface area contributed by atoms with Crippen LogP contribution < -0.4 is 0 Å². The molecule has 0 aliphatic heterocycles. The number of rotatable bonds is 8. The van der Waals surface area contributed by atoms with Crippen LogP contribution in [0.3, 0.4) is 0 Å². The zero-order valence-electron chi connectivity index (χ0n) is 22.8. The van der Waals surface area contributed by atoms with Gasteiger partial charge in [0.2, 0.25) is 0 Å². The summed E-state index contributed by atoms with van der Waals surface area (Å²) in [6.45, 7) is 2.15. The zero-order chi connectivity index (χ0) is 28.4. The fourth-order valence-electron chi connectivity index (χ4n) is 6.59. The maximum atomic E-state index is 16.0. The van der Waals surface area contributed by atoms with Crippen molar-refractivity contribution in [2.75, 3.05) is 0 Å². The first kappa shape index (κ1) is 28.7. The van der Waals surface area contributed by atoms with E-state index in [4.69, 9.17) is 4.98 Å². The number of pyridine rings is 1. The molecule has 0 amide bonds. The second kappa shape index (κ2) is 12.0. The summed E-state index contributed by atoms with van der Waals surface area (Å²) in [6, 6.07) is 10.3. The molecule has 1 heterocycles. The molecule has 3 unspecified atom stereocenters. The first-order valence-electron chi connectivity index (χ1n) is 14.5. The zero-order valence-corrected chi connectivity index (χ0v) is 22.8. The van der Waals surface area contributed by atoms with Crippen molar-refractivity contribution in [3.05, 3.63) is 88.0 Å². The fraction of sp³-hybridized carbons (Fsp3) is 0.485. The van der Waals surface area contributed by atoms with E-state index in [-0.39, 0.29) is 17.9 Å². The van der Waals surface area contributed by atoms with E-state index in [2.05, 4.69) is 6.92 Å². The van der Waals surface area contributed by atoms with Gasteiger partial charge in [-0.1, -0.05) is 56.9 Å². The Kier molecular flexibility index (Phi) is 8.60. The SMILES string of the molecule is CCCCC1Cc2nc(C3CCCC3)c(CC(F)c3ccc(C(F)(F)F)cc3)c(-c3ccc(F)cc3)c2C(O)C1. The van der Waals surface area contributed by atoms with Gasteiger partial charge in [0.05, 0.1) is 11.7 Å². The summed E-state index contributed by atoms with van der Waals surface area (Å²) < 4.78 is 69.2. The molecule has 1 fully saturated rings. The number of unbranched alkanes of at least 4 members (excludes halogenated alkanes) is 1. The Balaban J connectivity index is 1.63. The van der Waals surface area contributed by atoms with Crippen LogP contribution in [0.4, 0.5) is 22.0 Å². The van der Waals surface area contributed by atoms with Crippen molar-refractivity contribution in [2.24, 2.45) is 5.92 Å². The van der Waals surface area contributed by atoms with Crippen LogP contribution in [0.5, 0.6) is 0 Å². The highest BCUT2D eigenvalue weighted by Crippen LogP contribution is 2.47. The van der Waals surface area contributed by atoms with E-state index < -0.39 is 29.8 Å². The molecule has 1 aromatic heterocycles. The number of benzene rings is 2. The molecule has 2 nitrogen and oxygen atoms in total. The van der Waals surface area contributed by atoms with Gasteiger partial charge in [-0.05, 0) is 84.5 Å². The van der Waals surface area contributed by atoms with Gasteiger partial charge >= 0.3 is 6.18 Å². The van der Waals surface area contributed by atoms with Gasteiger partial charge in [0.25, 0.3) is 0 Å². The van der Waals surface area contributed by atoms with Crippen LogP contribution in [0.1, 0.15) is 110 Å². The van der Waals surface area contributed by atoms with Gasteiger partial charge in [0, 0.05) is 29.3 Å². The predicted molar refractivity (Wildman–Crippen MR) is 146 cm³/mol. The minimum absolute atomic E-state index is 0.0871. The van der Waals surface area contributed by atoms with Gasteiger partial charge in [-0.3, -0.25) is 4.98 Å². The Labute approximate surface area is 232 Å². The van der Waals surface area contributed by atoms with Crippen molar-refractivity contribution in [3.8, 4) is 11.1 Å². The third kappa shape index (κ3) is 6.09. The Bertz CT molecular complexity index is 1300. The molecule has 40 heavy (non-hydrogen) atoms. The smallest absolute Gasteiger partial charge is 0.388 e. The lowest BCUT2D eigenvalue weighted by Crippen LogP contribution is -2.24. The molecule has 2 aliphatic carbocycles. The molecule has 0 saturated heterocycles. The lowest BCUT2D eigenvalue weighted by Gasteiger charge is -2.33. The molecule has 214 valence electrons. The Hall–Kier alpha value is -2.80. The van der Waals surface area contributed by atoms with Gasteiger partial charge in [-0.2, -0.15) is 13.2 Å². The lowest BCUT2D eigenvalue weighted by molar-refractivity contribution is -0.137. The summed E-state index contributed by atoms with van der Waals surface area (Å²) in [5.74, 6) is 0.0596. The average Bonchev–Trinajstić information content (AvgIpc) is 3.47. The Morgan fingerprint density at radius 2 is 1.68 bits per heavy atom. The minimum atomic E-state index is -4.50. The van der Waals surface area contributed by atoms with Gasteiger partial charge in [0.15, 0.2) is 0 Å². The number of alkyl halides is 4. The van der Waals surface area contributed by atoms with Crippen LogP contribution in [0, 0.1) is 11.7 Å². The van der Waals surface area contributed by atoms with Gasteiger partial charge in [-0.25, -0.2) is 8.78 Å². The number of aliphatic hydroxyl groups is 1. The molecule has 5 rings (SSSR count). The summed E-state index contributed by atoms with van der Waals surface area (Å²) in [5, 5.41) is 11.5. The number of nitrogens with zero attached hydrogens (tertiary/aromatic N) is 1. The summed E-state index contributed by atoms with van der Waals surface area (Å²) in [6.07, 6.45) is 1.49. The molecule has 3 aromatic rings. The first-order chi connectivity index (χ1) is 19.2. The van der Waals surface area contributed by atoms with E-state index in [1.807, 2.05) is 0 Å². The van der Waals surface area contributed by atoms with E-state index in [0.717, 1.165) is 74.9 Å². The number of aliphatic hydroxyl groups excluding tert-OH is 1. The molecule has 2 aliphatic rings. The molecule has 0 bridgehead atoms. The maximum Gasteiger partial charge on any atom is 0.416 e. The third-order valence-electron chi connectivity index (χ3n) is 8.64. The van der Waals surface area contributed by atoms with Crippen LogP contribution in [0.2, 0.25) is 0 Å². The largest absolute Gasteiger partial charge is 0.416 e. The van der Waals surface area contributed by atoms with E-state index in [0.29, 0.717) is 34.6 Å². The maximum absolute atomic E-state index is 16.0. The average molecular weight is 558 g/mol. The lowest BCUT2D eigenvalue weighted by atomic mass is 9.76. The molecule has 7 heteroatoms. The molecule has 0 radical (unpaired) electrons. The van der Waals surface area contributed by atoms with Crippen LogP contribution >= 0.6 is 0 Å². The highest BCUT2D eigenvalue weighted by Gasteiger charge is 2.35. The van der Waals surface area contributed by atoms with Crippen LogP contribution in [0.25, 0.3) is 11.1 Å². The molecule has 3 atom stereocenters. The molecule has 0 spiro atoms. The second-order valence-electron chi connectivity index (χ2n) is 11.5. The number of aromatic nitrogens is 1. The third-order valence-corrected chi connectivity index (χ3v) is 8.64. The Morgan fingerprint density at radius 3 is 2.30 bits per heavy atom. The summed E-state index contributed by atoms with van der Waals surface area (Å²) in [4.78, 5) is 5.15. The Morgan fingerprint density at radius 1 is 1.00 bits per heavy atom. The normalized spacial score (nSPS) is 20.5. The van der Waals surface area contributed by atoms with Gasteiger partial charge in [0.1, 0.15) is 12.0 Å². The number of halogens is 5. The van der Waals surface area contributed by atoms with E-state index in [1.165, 1.54) is 24.3 Å². The molecule has 1 N–H and O–H groups in total. The van der Waals surface area contributed by atoms with Crippen molar-refractivity contribution in [2.45, 2.75) is 95.5 Å². The standard InChI is InChI=1S/C33H36F5NO/c1-2-3-6-20-17-28-31(29(40)18-20)30(22-11-15-25(34)16-12-22)26(32(39-28)23-7-4-5-8-23)19-27(35)21-9-13-24(14-10-21)33(36,37)38/h9-16,20,23,27,29,40H,2-8,17-19H2,1H3. The molecule has 1 saturated carbocycles. The van der Waals surface area contributed by atoms with E-state index >= 15 is 4.39 Å². The van der Waals surface area contributed by atoms with Crippen molar-refractivity contribution < 1.29 is 27.1 Å². The van der Waals surface area contributed by atoms with Crippen LogP contribution in [0.15, 0.2) is 48.5 Å². The highest BCUT2D eigenvalue weighted by molar-refractivity contribution is 5.74. The number of fused-ring (bicyclic) bond motifs is 1. The van der Waals surface area contributed by atoms with Crippen molar-refractivity contribution >= 4 is 0 Å². The van der Waals surface area contributed by atoms with E-state index in [9.17, 15) is 22.7 Å². The van der Waals surface area contributed by atoms with Crippen LogP contribution in [-0.2, 0) is 19.0 Å². The fourth-order valence-corrected chi connectivity index (χ4v) is 6.59. The highest BCUT2D eigenvalue weighted by atomic mass is 19.4. The topological polar surface area (TPSA) is 33.1 Å². The molecular weight excluding hydrogens is 521 g/mol. The number of hydrogen-bond donors (Lipinski definition) is 1. The van der Waals surface area contributed by atoms with Gasteiger partial charge in [-0.15, -0.1) is 0 Å². The monoisotopic (exact) mass is 557 g/mol. The summed E-state index contributed by atoms with van der Waals surface area (Å²) in [5.41, 5.74) is 3.78. The number of hydrogen-bond acceptors (Lipinski definition) is 2. The quantitative estimate of drug-likeness (QED) is 0.280. The van der Waals surface area contributed by atoms with Crippen molar-refractivity contribution in [1.82, 2.24) is 4.98 Å². The summed E-state index contributed by atoms with van der Waals surface area (Å²) >= 11 is 0. The van der Waals surface area contributed by atoms with Crippen molar-refractivity contribution in [3.63, 3.8) is 0 Å². The van der Waals surface area contributed by atoms with Crippen LogP contribution in [-0.4, -0.2) is 10.1 Å². The second-order valence-corrected chi connectivity index (χ2v) is 11.5. The summed E-state index contributed by atoms with van der Waals surface area (Å²) in [7, 11) is 0. The first-order valence-corrected chi connectivity index (χ1v) is 14.5. The van der Waals surface area contributed by atoms with Gasteiger partial charge < -0.3 is 5.11 Å². The van der Waals surface area contributed by atoms with E-state index in [1.54, 1.807) is 12.1 Å². The molecule has 2 aromatic carbocycles. The minimum Gasteiger partial charge on any atom is -0.388 e. The van der Waals surface area contributed by atoms with Crippen molar-refractivity contribution in [1.29, 1.82) is 0 Å². The molecular formula is C33H36F5NO. The predicted octanol–water partition coefficient (Wildman–Crippen LogP) is 9.60.